The molecule has 0 aliphatic carbocycles. The van der Waals surface area contributed by atoms with Gasteiger partial charge >= 0.3 is 24.3 Å². The molecule has 0 bridgehead atoms. The van der Waals surface area contributed by atoms with Gasteiger partial charge in [-0.25, -0.2) is 18.4 Å². The minimum atomic E-state index is -5.08. The molecule has 8 nitrogen and oxygen atoms in total. The van der Waals surface area contributed by atoms with Gasteiger partial charge in [-0.3, -0.25) is 4.79 Å². The van der Waals surface area contributed by atoms with E-state index in [1.54, 1.807) is 12.1 Å². The smallest absolute Gasteiger partial charge is 0.475 e. The van der Waals surface area contributed by atoms with Gasteiger partial charge in [0.15, 0.2) is 0 Å². The number of aliphatic carboxylic acids is 2. The number of carbonyl (C=O) groups excluding carboxylic acids is 1. The van der Waals surface area contributed by atoms with E-state index in [1.165, 1.54) is 18.2 Å². The van der Waals surface area contributed by atoms with E-state index in [2.05, 4.69) is 16.0 Å². The first kappa shape index (κ1) is 35.9. The lowest BCUT2D eigenvalue weighted by Gasteiger charge is -2.17. The van der Waals surface area contributed by atoms with E-state index >= 15 is 0 Å². The van der Waals surface area contributed by atoms with E-state index in [-0.39, 0.29) is 5.56 Å². The molecule has 0 fully saturated rings. The highest BCUT2D eigenvalue weighted by atomic mass is 19.4. The molecule has 5 N–H and O–H groups in total. The second-order valence-electron chi connectivity index (χ2n) is 9.27. The van der Waals surface area contributed by atoms with Crippen molar-refractivity contribution in [3.05, 3.63) is 76.4 Å². The van der Waals surface area contributed by atoms with Crippen molar-refractivity contribution in [2.45, 2.75) is 32.1 Å². The number of aryl methyl sites for hydroxylation is 1. The van der Waals surface area contributed by atoms with Crippen molar-refractivity contribution in [1.29, 1.82) is 0 Å². The highest BCUT2D eigenvalue weighted by Crippen LogP contribution is 2.29. The average molecular weight is 638 g/mol. The molecule has 2 heterocycles. The number of anilines is 1. The van der Waals surface area contributed by atoms with Crippen molar-refractivity contribution < 1.29 is 59.7 Å². The quantitative estimate of drug-likeness (QED) is 0.279. The van der Waals surface area contributed by atoms with Crippen LogP contribution < -0.4 is 16.0 Å². The second kappa shape index (κ2) is 15.4. The first-order valence-electron chi connectivity index (χ1n) is 12.7. The van der Waals surface area contributed by atoms with Gasteiger partial charge in [-0.1, -0.05) is 18.2 Å². The van der Waals surface area contributed by atoms with E-state index in [0.29, 0.717) is 11.3 Å². The molecule has 0 spiro atoms. The molecule has 2 aromatic rings. The van der Waals surface area contributed by atoms with Gasteiger partial charge in [-0.05, 0) is 79.4 Å². The molecule has 16 heteroatoms. The van der Waals surface area contributed by atoms with Crippen molar-refractivity contribution in [2.75, 3.05) is 31.5 Å². The molecule has 0 radical (unpaired) electrons. The maximum atomic E-state index is 14.7. The summed E-state index contributed by atoms with van der Waals surface area (Å²) in [6.45, 7) is 4.95. The molecule has 0 saturated carbocycles. The van der Waals surface area contributed by atoms with Crippen LogP contribution in [-0.4, -0.2) is 66.6 Å². The van der Waals surface area contributed by atoms with Crippen LogP contribution in [0.2, 0.25) is 0 Å². The average Bonchev–Trinajstić information content (AvgIpc) is 2.95. The third-order valence-corrected chi connectivity index (χ3v) is 6.11. The predicted octanol–water partition coefficient (Wildman–Crippen LogP) is 5.55. The fourth-order valence-corrected chi connectivity index (χ4v) is 3.90. The monoisotopic (exact) mass is 637 g/mol. The number of alkyl halides is 6. The Hall–Kier alpha value is -4.31. The van der Waals surface area contributed by atoms with Crippen molar-refractivity contribution in [3.63, 3.8) is 0 Å². The number of carboxylic acids is 2. The summed E-state index contributed by atoms with van der Waals surface area (Å²) in [5.74, 6) is -7.08. The molecular formula is C28H27F8N3O5. The standard InChI is InChI=1S/C24H25F2N3O.2C2HF3O2/c1-15-12-20(17-6-10-28-11-7-17)22(26)14-23(15)29-24(30)19-3-2-18(13-21(19)25)16-4-8-27-9-5-16;2*3-2(4,5)1(6)7/h2-4,6,12-14,27-28H,5,7-11H2,1H3,(H,29,30);2*(H,6,7). The lowest BCUT2D eigenvalue weighted by molar-refractivity contribution is -0.193. The number of carbonyl (C=O) groups is 3. The van der Waals surface area contributed by atoms with Gasteiger partial charge in [0.2, 0.25) is 0 Å². The normalized spacial score (nSPS) is 14.9. The Morgan fingerprint density at radius 3 is 1.70 bits per heavy atom. The molecular weight excluding hydrogens is 610 g/mol. The fourth-order valence-electron chi connectivity index (χ4n) is 3.90. The fraction of sp³-hybridized carbons (Fsp3) is 0.321. The van der Waals surface area contributed by atoms with Crippen LogP contribution in [0.1, 0.15) is 39.9 Å². The summed E-state index contributed by atoms with van der Waals surface area (Å²) in [4.78, 5) is 30.4. The Morgan fingerprint density at radius 2 is 1.27 bits per heavy atom. The van der Waals surface area contributed by atoms with Crippen molar-refractivity contribution >= 4 is 34.7 Å². The Balaban J connectivity index is 0.000000402. The zero-order chi connectivity index (χ0) is 33.2. The molecule has 2 aliphatic heterocycles. The molecule has 0 saturated heterocycles. The minimum absolute atomic E-state index is 0.0572. The van der Waals surface area contributed by atoms with E-state index in [4.69, 9.17) is 19.8 Å². The van der Waals surface area contributed by atoms with Gasteiger partial charge in [-0.15, -0.1) is 0 Å². The van der Waals surface area contributed by atoms with Gasteiger partial charge < -0.3 is 26.2 Å². The third kappa shape index (κ3) is 10.8. The minimum Gasteiger partial charge on any atom is -0.475 e. The van der Waals surface area contributed by atoms with E-state index in [1.807, 2.05) is 19.1 Å². The highest BCUT2D eigenvalue weighted by Gasteiger charge is 2.38. The largest absolute Gasteiger partial charge is 0.490 e. The molecule has 0 atom stereocenters. The Kier molecular flexibility index (Phi) is 12.6. The molecule has 1 amide bonds. The Bertz CT molecular complexity index is 1410. The number of hydrogen-bond acceptors (Lipinski definition) is 5. The van der Waals surface area contributed by atoms with Gasteiger partial charge in [0.25, 0.3) is 5.91 Å². The summed E-state index contributed by atoms with van der Waals surface area (Å²) in [5.41, 5.74) is 4.39. The molecule has 44 heavy (non-hydrogen) atoms. The summed E-state index contributed by atoms with van der Waals surface area (Å²) in [6.07, 6.45) is -4.58. The zero-order valence-corrected chi connectivity index (χ0v) is 22.9. The second-order valence-corrected chi connectivity index (χ2v) is 9.27. The van der Waals surface area contributed by atoms with Crippen LogP contribution in [0.25, 0.3) is 11.1 Å². The summed E-state index contributed by atoms with van der Waals surface area (Å²) < 4.78 is 92.8. The topological polar surface area (TPSA) is 128 Å². The number of hydrogen-bond donors (Lipinski definition) is 5. The number of benzene rings is 2. The summed E-state index contributed by atoms with van der Waals surface area (Å²) in [6, 6.07) is 7.70. The van der Waals surface area contributed by atoms with Crippen molar-refractivity contribution in [1.82, 2.24) is 10.6 Å². The highest BCUT2D eigenvalue weighted by molar-refractivity contribution is 6.05. The van der Waals surface area contributed by atoms with Gasteiger partial charge in [0.1, 0.15) is 11.6 Å². The first-order chi connectivity index (χ1) is 20.4. The summed E-state index contributed by atoms with van der Waals surface area (Å²) >= 11 is 0. The van der Waals surface area contributed by atoms with Crippen LogP contribution in [0.5, 0.6) is 0 Å². The van der Waals surface area contributed by atoms with E-state index in [0.717, 1.165) is 61.3 Å². The molecule has 0 aromatic heterocycles. The maximum absolute atomic E-state index is 14.7. The lowest BCUT2D eigenvalue weighted by atomic mass is 9.97. The molecule has 2 aliphatic rings. The van der Waals surface area contributed by atoms with Crippen molar-refractivity contribution in [3.8, 4) is 0 Å². The van der Waals surface area contributed by atoms with Crippen molar-refractivity contribution in [2.24, 2.45) is 0 Å². The first-order valence-corrected chi connectivity index (χ1v) is 12.7. The van der Waals surface area contributed by atoms with Gasteiger partial charge in [0, 0.05) is 24.3 Å². The molecule has 4 rings (SSSR count). The number of nitrogens with one attached hydrogen (secondary N) is 3. The van der Waals surface area contributed by atoms with Crippen LogP contribution >= 0.6 is 0 Å². The molecule has 0 unspecified atom stereocenters. The van der Waals surface area contributed by atoms with Crippen LogP contribution in [0.4, 0.5) is 40.8 Å². The van der Waals surface area contributed by atoms with E-state index in [9.17, 15) is 39.9 Å². The SMILES string of the molecule is Cc1cc(C2=CCNCC2)c(F)cc1NC(=O)c1ccc(C2=CCNCC2)cc1F.O=C(O)C(F)(F)F.O=C(O)C(F)(F)F. The summed E-state index contributed by atoms with van der Waals surface area (Å²) in [5, 5.41) is 23.3. The Morgan fingerprint density at radius 1 is 0.773 bits per heavy atom. The van der Waals surface area contributed by atoms with Crippen LogP contribution in [0, 0.1) is 18.6 Å². The maximum Gasteiger partial charge on any atom is 0.490 e. The lowest BCUT2D eigenvalue weighted by Crippen LogP contribution is -2.21. The number of rotatable bonds is 4. The number of carboxylic acid groups (broad SMARTS) is 2. The van der Waals surface area contributed by atoms with Gasteiger partial charge in [0.05, 0.1) is 5.56 Å². The predicted molar refractivity (Wildman–Crippen MR) is 144 cm³/mol. The number of amides is 1. The zero-order valence-electron chi connectivity index (χ0n) is 22.9. The third-order valence-electron chi connectivity index (χ3n) is 6.11. The molecule has 2 aromatic carbocycles. The van der Waals surface area contributed by atoms with Crippen LogP contribution in [-0.2, 0) is 9.59 Å². The van der Waals surface area contributed by atoms with Crippen LogP contribution in [0.15, 0.2) is 42.5 Å². The molecule has 240 valence electrons. The summed E-state index contributed by atoms with van der Waals surface area (Å²) in [7, 11) is 0. The Labute approximate surface area is 245 Å². The van der Waals surface area contributed by atoms with Crippen LogP contribution in [0.3, 0.4) is 0 Å². The van der Waals surface area contributed by atoms with E-state index < -0.39 is 41.8 Å². The number of halogens is 8. The van der Waals surface area contributed by atoms with Gasteiger partial charge in [-0.2, -0.15) is 26.3 Å².